The minimum Gasteiger partial charge on any atom is -0.504 e. The summed E-state index contributed by atoms with van der Waals surface area (Å²) in [5.74, 6) is -2.48. The number of phenolic OH excluding ortho intramolecular Hbond substituents is 1. The van der Waals surface area contributed by atoms with Gasteiger partial charge in [-0.2, -0.15) is 13.2 Å². The Morgan fingerprint density at radius 3 is 2.15 bits per heavy atom. The monoisotopic (exact) mass is 403 g/mol. The third-order valence-corrected chi connectivity index (χ3v) is 3.87. The Labute approximate surface area is 161 Å². The van der Waals surface area contributed by atoms with Gasteiger partial charge in [-0.15, -0.1) is 12.4 Å². The lowest BCUT2D eigenvalue weighted by molar-refractivity contribution is -0.139. The molecule has 0 spiro atoms. The van der Waals surface area contributed by atoms with Gasteiger partial charge in [0.25, 0.3) is 0 Å². The van der Waals surface area contributed by atoms with Crippen LogP contribution in [-0.4, -0.2) is 10.9 Å². The number of benzene rings is 2. The van der Waals surface area contributed by atoms with Crippen LogP contribution < -0.4 is 10.5 Å². The lowest BCUT2D eigenvalue weighted by Gasteiger charge is -2.18. The smallest absolute Gasteiger partial charge is 0.420 e. The van der Waals surface area contributed by atoms with Gasteiger partial charge >= 0.3 is 6.18 Å². The van der Waals surface area contributed by atoms with Crippen molar-refractivity contribution in [2.45, 2.75) is 33.2 Å². The van der Waals surface area contributed by atoms with Crippen LogP contribution in [0.3, 0.4) is 0 Å². The van der Waals surface area contributed by atoms with Gasteiger partial charge in [-0.05, 0) is 23.3 Å². The summed E-state index contributed by atoms with van der Waals surface area (Å²) < 4.78 is 45.0. The summed E-state index contributed by atoms with van der Waals surface area (Å²) in [5.41, 5.74) is 5.66. The SMILES string of the molecule is CC(C)C(=O)c1ccc(C(F)(F)F)c(OCc2ccc(CN)cc2)c1O.Cl. The molecule has 0 saturated carbocycles. The maximum absolute atomic E-state index is 13.3. The molecule has 0 aliphatic heterocycles. The molecule has 0 heterocycles. The number of carbonyl (C=O) groups is 1. The molecule has 2 aromatic rings. The van der Waals surface area contributed by atoms with Crippen molar-refractivity contribution in [2.24, 2.45) is 11.7 Å². The van der Waals surface area contributed by atoms with E-state index in [1.54, 1.807) is 38.1 Å². The first-order chi connectivity index (χ1) is 12.1. The fourth-order valence-corrected chi connectivity index (χ4v) is 2.38. The number of ether oxygens (including phenoxy) is 1. The van der Waals surface area contributed by atoms with E-state index in [9.17, 15) is 23.1 Å². The molecule has 0 aliphatic carbocycles. The molecule has 3 N–H and O–H groups in total. The van der Waals surface area contributed by atoms with Crippen molar-refractivity contribution in [3.05, 3.63) is 58.7 Å². The Bertz CT molecular complexity index is 790. The van der Waals surface area contributed by atoms with E-state index < -0.39 is 34.9 Å². The first-order valence-electron chi connectivity index (χ1n) is 8.03. The standard InChI is InChI=1S/C19H20F3NO3.ClH/c1-11(2)16(24)14-7-8-15(19(20,21)22)18(17(14)25)26-10-13-5-3-12(9-23)4-6-13;/h3-8,11,25H,9-10,23H2,1-2H3;1H. The van der Waals surface area contributed by atoms with Gasteiger partial charge in [0.1, 0.15) is 12.2 Å². The molecule has 0 aromatic heterocycles. The zero-order valence-corrected chi connectivity index (χ0v) is 15.7. The molecule has 2 rings (SSSR count). The summed E-state index contributed by atoms with van der Waals surface area (Å²) in [6.07, 6.45) is -4.73. The number of hydrogen-bond donors (Lipinski definition) is 2. The molecule has 0 amide bonds. The van der Waals surface area contributed by atoms with E-state index in [2.05, 4.69) is 0 Å². The van der Waals surface area contributed by atoms with Gasteiger partial charge in [0.05, 0.1) is 5.56 Å². The average molecular weight is 404 g/mol. The molecule has 4 nitrogen and oxygen atoms in total. The first-order valence-corrected chi connectivity index (χ1v) is 8.03. The van der Waals surface area contributed by atoms with Crippen LogP contribution in [0.1, 0.15) is 40.9 Å². The van der Waals surface area contributed by atoms with Crippen LogP contribution in [0, 0.1) is 5.92 Å². The number of carbonyl (C=O) groups excluding carboxylic acids is 1. The quantitative estimate of drug-likeness (QED) is 0.685. The molecule has 0 bridgehead atoms. The maximum Gasteiger partial charge on any atom is 0.420 e. The van der Waals surface area contributed by atoms with Crippen molar-refractivity contribution in [1.29, 1.82) is 0 Å². The van der Waals surface area contributed by atoms with Crippen LogP contribution in [0.15, 0.2) is 36.4 Å². The van der Waals surface area contributed by atoms with Crippen LogP contribution in [0.4, 0.5) is 13.2 Å². The number of Topliss-reactive ketones (excluding diaryl/α,β-unsaturated/α-hetero) is 1. The molecule has 0 radical (unpaired) electrons. The maximum atomic E-state index is 13.3. The number of rotatable bonds is 6. The van der Waals surface area contributed by atoms with Crippen molar-refractivity contribution in [2.75, 3.05) is 0 Å². The molecule has 0 atom stereocenters. The summed E-state index contributed by atoms with van der Waals surface area (Å²) >= 11 is 0. The summed E-state index contributed by atoms with van der Waals surface area (Å²) in [7, 11) is 0. The van der Waals surface area contributed by atoms with E-state index in [0.717, 1.165) is 17.7 Å². The minimum absolute atomic E-state index is 0. The zero-order valence-electron chi connectivity index (χ0n) is 14.8. The van der Waals surface area contributed by atoms with E-state index >= 15 is 0 Å². The fourth-order valence-electron chi connectivity index (χ4n) is 2.38. The summed E-state index contributed by atoms with van der Waals surface area (Å²) in [5, 5.41) is 10.3. The summed E-state index contributed by atoms with van der Waals surface area (Å²) in [6.45, 7) is 3.35. The van der Waals surface area contributed by atoms with Crippen molar-refractivity contribution >= 4 is 18.2 Å². The third kappa shape index (κ3) is 5.37. The lowest BCUT2D eigenvalue weighted by atomic mass is 9.98. The molecule has 27 heavy (non-hydrogen) atoms. The van der Waals surface area contributed by atoms with Gasteiger partial charge in [-0.1, -0.05) is 38.1 Å². The van der Waals surface area contributed by atoms with Crippen LogP contribution in [0.25, 0.3) is 0 Å². The van der Waals surface area contributed by atoms with Crippen LogP contribution >= 0.6 is 12.4 Å². The van der Waals surface area contributed by atoms with Crippen molar-refractivity contribution in [3.63, 3.8) is 0 Å². The second-order valence-corrected chi connectivity index (χ2v) is 6.16. The predicted octanol–water partition coefficient (Wildman–Crippen LogP) is 4.71. The van der Waals surface area contributed by atoms with Crippen LogP contribution in [-0.2, 0) is 19.3 Å². The van der Waals surface area contributed by atoms with Crippen molar-refractivity contribution < 1.29 is 27.8 Å². The van der Waals surface area contributed by atoms with E-state index in [1.165, 1.54) is 0 Å². The van der Waals surface area contributed by atoms with E-state index in [4.69, 9.17) is 10.5 Å². The number of halogens is 4. The van der Waals surface area contributed by atoms with Crippen LogP contribution in [0.5, 0.6) is 11.5 Å². The predicted molar refractivity (Wildman–Crippen MR) is 98.2 cm³/mol. The third-order valence-electron chi connectivity index (χ3n) is 3.87. The van der Waals surface area contributed by atoms with Gasteiger partial charge in [-0.3, -0.25) is 4.79 Å². The van der Waals surface area contributed by atoms with Gasteiger partial charge in [0, 0.05) is 12.5 Å². The number of hydrogen-bond acceptors (Lipinski definition) is 4. The highest BCUT2D eigenvalue weighted by Gasteiger charge is 2.37. The van der Waals surface area contributed by atoms with Gasteiger partial charge < -0.3 is 15.6 Å². The number of nitrogens with two attached hydrogens (primary N) is 1. The summed E-state index contributed by atoms with van der Waals surface area (Å²) in [6, 6.07) is 8.56. The topological polar surface area (TPSA) is 72.5 Å². The highest BCUT2D eigenvalue weighted by atomic mass is 35.5. The number of aromatic hydroxyl groups is 1. The van der Waals surface area contributed by atoms with E-state index in [-0.39, 0.29) is 24.6 Å². The average Bonchev–Trinajstić information content (AvgIpc) is 2.59. The molecular weight excluding hydrogens is 383 g/mol. The minimum atomic E-state index is -4.73. The Kier molecular flexibility index (Phi) is 7.68. The van der Waals surface area contributed by atoms with Crippen molar-refractivity contribution in [3.8, 4) is 11.5 Å². The Morgan fingerprint density at radius 1 is 1.11 bits per heavy atom. The molecule has 0 unspecified atom stereocenters. The van der Waals surface area contributed by atoms with E-state index in [0.29, 0.717) is 12.1 Å². The number of alkyl halides is 3. The second kappa shape index (κ2) is 9.10. The number of phenols is 1. The molecular formula is C19H21ClF3NO3. The molecule has 8 heteroatoms. The second-order valence-electron chi connectivity index (χ2n) is 6.16. The Morgan fingerprint density at radius 2 is 1.67 bits per heavy atom. The van der Waals surface area contributed by atoms with Gasteiger partial charge in [0.2, 0.25) is 0 Å². The molecule has 2 aromatic carbocycles. The molecule has 0 saturated heterocycles. The lowest BCUT2D eigenvalue weighted by Crippen LogP contribution is -2.13. The Hall–Kier alpha value is -2.25. The zero-order chi connectivity index (χ0) is 19.5. The molecule has 148 valence electrons. The molecule has 0 fully saturated rings. The normalized spacial score (nSPS) is 11.2. The summed E-state index contributed by atoms with van der Waals surface area (Å²) in [4.78, 5) is 12.1. The highest BCUT2D eigenvalue weighted by Crippen LogP contribution is 2.43. The number of ketones is 1. The van der Waals surface area contributed by atoms with E-state index in [1.807, 2.05) is 0 Å². The van der Waals surface area contributed by atoms with Gasteiger partial charge in [-0.25, -0.2) is 0 Å². The molecule has 0 aliphatic rings. The largest absolute Gasteiger partial charge is 0.504 e. The Balaban J connectivity index is 0.00000364. The highest BCUT2D eigenvalue weighted by molar-refractivity contribution is 6.00. The van der Waals surface area contributed by atoms with Crippen molar-refractivity contribution in [1.82, 2.24) is 0 Å². The van der Waals surface area contributed by atoms with Gasteiger partial charge in [0.15, 0.2) is 17.3 Å². The van der Waals surface area contributed by atoms with Crippen LogP contribution in [0.2, 0.25) is 0 Å². The fraction of sp³-hybridized carbons (Fsp3) is 0.316. The first kappa shape index (κ1) is 22.8.